The van der Waals surface area contributed by atoms with E-state index in [0.29, 0.717) is 5.69 Å². The van der Waals surface area contributed by atoms with E-state index in [0.717, 1.165) is 36.7 Å². The number of aromatic nitrogens is 3. The number of hydrogen-bond donors (Lipinski definition) is 0. The summed E-state index contributed by atoms with van der Waals surface area (Å²) < 4.78 is 98.9. The molecule has 3 aromatic rings. The van der Waals surface area contributed by atoms with Crippen molar-refractivity contribution in [3.8, 4) is 28.6 Å². The van der Waals surface area contributed by atoms with E-state index in [1.54, 1.807) is 0 Å². The van der Waals surface area contributed by atoms with Gasteiger partial charge in [0.25, 0.3) is 0 Å². The molecule has 0 N–H and O–H groups in total. The summed E-state index contributed by atoms with van der Waals surface area (Å²) in [5, 5.41) is 3.94. The Hall–Kier alpha value is -3.31. The van der Waals surface area contributed by atoms with Crippen molar-refractivity contribution in [2.45, 2.75) is 12.4 Å². The van der Waals surface area contributed by atoms with E-state index in [9.17, 15) is 30.7 Å². The van der Waals surface area contributed by atoms with Gasteiger partial charge in [-0.2, -0.15) is 31.4 Å². The predicted octanol–water partition coefficient (Wildman–Crippen LogP) is 4.96. The van der Waals surface area contributed by atoms with Gasteiger partial charge in [0, 0.05) is 0 Å². The Labute approximate surface area is 164 Å². The smallest absolute Gasteiger partial charge is 0.422 e. The first kappa shape index (κ1) is 21.4. The molecule has 0 spiro atoms. The minimum Gasteiger partial charge on any atom is -0.484 e. The molecule has 0 aliphatic rings. The minimum absolute atomic E-state index is 0.0451. The van der Waals surface area contributed by atoms with Crippen LogP contribution in [0.3, 0.4) is 0 Å². The van der Waals surface area contributed by atoms with Gasteiger partial charge in [0.1, 0.15) is 23.6 Å². The molecule has 3 rings (SSSR count). The summed E-state index contributed by atoms with van der Waals surface area (Å²) in [7, 11) is 0. The molecule has 1 heterocycles. The van der Waals surface area contributed by atoms with Crippen molar-refractivity contribution < 1.29 is 40.2 Å². The zero-order chi connectivity index (χ0) is 21.9. The van der Waals surface area contributed by atoms with Crippen LogP contribution in [0.2, 0.25) is 0 Å². The normalized spacial score (nSPS) is 12.1. The van der Waals surface area contributed by atoms with Gasteiger partial charge in [-0.15, -0.1) is 0 Å². The number of ether oxygens (including phenoxy) is 2. The van der Waals surface area contributed by atoms with Crippen LogP contribution < -0.4 is 9.47 Å². The molecule has 0 aliphatic heterocycles. The molecule has 0 saturated carbocycles. The largest absolute Gasteiger partial charge is 0.484 e. The van der Waals surface area contributed by atoms with E-state index < -0.39 is 31.4 Å². The maximum Gasteiger partial charge on any atom is 0.422 e. The number of benzene rings is 2. The van der Waals surface area contributed by atoms with Crippen LogP contribution in [-0.4, -0.2) is 40.3 Å². The number of rotatable bonds is 6. The molecule has 0 unspecified atom stereocenters. The number of nitrogens with zero attached hydrogens (tertiary/aromatic N) is 3. The molecule has 0 bridgehead atoms. The highest BCUT2D eigenvalue weighted by Crippen LogP contribution is 2.35. The van der Waals surface area contributed by atoms with Crippen LogP contribution in [0.15, 0.2) is 48.8 Å². The highest BCUT2D eigenvalue weighted by molar-refractivity contribution is 5.68. The van der Waals surface area contributed by atoms with Gasteiger partial charge in [0.15, 0.2) is 19.0 Å². The van der Waals surface area contributed by atoms with Gasteiger partial charge in [-0.3, -0.25) is 0 Å². The second kappa shape index (κ2) is 8.20. The molecule has 0 aliphatic carbocycles. The first-order valence-corrected chi connectivity index (χ1v) is 8.21. The zero-order valence-electron chi connectivity index (χ0n) is 14.8. The summed E-state index contributed by atoms with van der Waals surface area (Å²) in [6.45, 7) is -3.23. The minimum atomic E-state index is -4.65. The zero-order valence-corrected chi connectivity index (χ0v) is 14.8. The predicted molar refractivity (Wildman–Crippen MR) is 89.9 cm³/mol. The lowest BCUT2D eigenvalue weighted by Crippen LogP contribution is -2.20. The molecule has 0 fully saturated rings. The highest BCUT2D eigenvalue weighted by atomic mass is 19.4. The average molecular weight is 435 g/mol. The van der Waals surface area contributed by atoms with Crippen molar-refractivity contribution in [3.05, 3.63) is 54.6 Å². The van der Waals surface area contributed by atoms with Crippen LogP contribution in [0.5, 0.6) is 11.5 Å². The van der Waals surface area contributed by atoms with Crippen molar-refractivity contribution in [3.63, 3.8) is 0 Å². The van der Waals surface area contributed by atoms with Crippen molar-refractivity contribution >= 4 is 0 Å². The molecule has 30 heavy (non-hydrogen) atoms. The maximum atomic E-state index is 13.2. The van der Waals surface area contributed by atoms with Crippen LogP contribution >= 0.6 is 0 Å². The van der Waals surface area contributed by atoms with E-state index in [2.05, 4.69) is 14.8 Å². The second-order valence-corrected chi connectivity index (χ2v) is 5.94. The van der Waals surface area contributed by atoms with Crippen LogP contribution in [0.1, 0.15) is 0 Å². The van der Waals surface area contributed by atoms with Crippen molar-refractivity contribution in [1.29, 1.82) is 0 Å². The molecule has 0 radical (unpaired) electrons. The fourth-order valence-electron chi connectivity index (χ4n) is 2.42. The van der Waals surface area contributed by atoms with Gasteiger partial charge >= 0.3 is 12.4 Å². The topological polar surface area (TPSA) is 49.2 Å². The maximum absolute atomic E-state index is 13.2. The van der Waals surface area contributed by atoms with E-state index in [1.807, 2.05) is 0 Å². The summed E-state index contributed by atoms with van der Waals surface area (Å²) in [4.78, 5) is 3.96. The fraction of sp³-hybridized carbons (Fsp3) is 0.222. The quantitative estimate of drug-likeness (QED) is 0.514. The monoisotopic (exact) mass is 435 g/mol. The highest BCUT2D eigenvalue weighted by Gasteiger charge is 2.30. The lowest BCUT2D eigenvalue weighted by atomic mass is 10.1. The molecule has 2 aromatic carbocycles. The van der Waals surface area contributed by atoms with Crippen molar-refractivity contribution in [1.82, 2.24) is 14.8 Å². The van der Waals surface area contributed by atoms with Gasteiger partial charge in [-0.25, -0.2) is 14.1 Å². The van der Waals surface area contributed by atoms with Gasteiger partial charge in [0.2, 0.25) is 0 Å². The second-order valence-electron chi connectivity index (χ2n) is 5.94. The molecular formula is C18H12F7N3O2. The molecular weight excluding hydrogens is 423 g/mol. The first-order chi connectivity index (χ1) is 14.0. The van der Waals surface area contributed by atoms with Gasteiger partial charge < -0.3 is 9.47 Å². The Morgan fingerprint density at radius 3 is 2.10 bits per heavy atom. The van der Waals surface area contributed by atoms with Gasteiger partial charge in [-0.1, -0.05) is 0 Å². The Balaban J connectivity index is 2.02. The van der Waals surface area contributed by atoms with Gasteiger partial charge in [0.05, 0.1) is 11.3 Å². The van der Waals surface area contributed by atoms with E-state index in [1.165, 1.54) is 16.8 Å². The molecule has 0 amide bonds. The third kappa shape index (κ3) is 5.61. The average Bonchev–Trinajstić information content (AvgIpc) is 3.14. The lowest BCUT2D eigenvalue weighted by Gasteiger charge is -2.16. The SMILES string of the molecule is Fc1ccc(-n2ncnc2-c2cc(OCC(F)(F)F)ccc2OCC(F)(F)F)cc1. The summed E-state index contributed by atoms with van der Waals surface area (Å²) >= 11 is 0. The van der Waals surface area contributed by atoms with Gasteiger partial charge in [-0.05, 0) is 42.5 Å². The summed E-state index contributed by atoms with van der Waals surface area (Å²) in [5.41, 5.74) is 0.216. The molecule has 5 nitrogen and oxygen atoms in total. The molecule has 12 heteroatoms. The van der Waals surface area contributed by atoms with Crippen LogP contribution in [-0.2, 0) is 0 Å². The molecule has 160 valence electrons. The first-order valence-electron chi connectivity index (χ1n) is 8.21. The van der Waals surface area contributed by atoms with Crippen molar-refractivity contribution in [2.24, 2.45) is 0 Å². The third-order valence-corrected chi connectivity index (χ3v) is 3.60. The third-order valence-electron chi connectivity index (χ3n) is 3.60. The number of halogens is 7. The van der Waals surface area contributed by atoms with E-state index in [4.69, 9.17) is 4.74 Å². The fourth-order valence-corrected chi connectivity index (χ4v) is 2.42. The van der Waals surface area contributed by atoms with Crippen molar-refractivity contribution in [2.75, 3.05) is 13.2 Å². The summed E-state index contributed by atoms with van der Waals surface area (Å²) in [6, 6.07) is 8.08. The Kier molecular flexibility index (Phi) is 5.85. The lowest BCUT2D eigenvalue weighted by molar-refractivity contribution is -0.154. The standard InChI is InChI=1S/C18H12F7N3O2/c19-11-1-3-12(4-2-11)28-16(26-10-27-28)14-7-13(29-8-17(20,21)22)5-6-15(14)30-9-18(23,24)25/h1-7,10H,8-9H2. The number of alkyl halides is 6. The Bertz CT molecular complexity index is 998. The molecule has 1 aromatic heterocycles. The Morgan fingerprint density at radius 2 is 1.47 bits per heavy atom. The Morgan fingerprint density at radius 1 is 0.833 bits per heavy atom. The van der Waals surface area contributed by atoms with Crippen LogP contribution in [0.25, 0.3) is 17.1 Å². The molecule has 0 saturated heterocycles. The number of hydrogen-bond acceptors (Lipinski definition) is 4. The van der Waals surface area contributed by atoms with E-state index >= 15 is 0 Å². The summed E-state index contributed by atoms with van der Waals surface area (Å²) in [5.74, 6) is -1.15. The molecule has 0 atom stereocenters. The summed E-state index contributed by atoms with van der Waals surface area (Å²) in [6.07, 6.45) is -8.18. The van der Waals surface area contributed by atoms with Crippen LogP contribution in [0.4, 0.5) is 30.7 Å². The van der Waals surface area contributed by atoms with Crippen LogP contribution in [0, 0.1) is 5.82 Å². The van der Waals surface area contributed by atoms with E-state index in [-0.39, 0.29) is 22.9 Å².